The van der Waals surface area contributed by atoms with Crippen LogP contribution in [0.2, 0.25) is 0 Å². The lowest BCUT2D eigenvalue weighted by atomic mass is 9.81. The number of thiophene rings is 1. The lowest BCUT2D eigenvalue weighted by Crippen LogP contribution is -2.32. The summed E-state index contributed by atoms with van der Waals surface area (Å²) in [6.07, 6.45) is 6.47. The molecule has 1 heterocycles. The Morgan fingerprint density at radius 3 is 1.73 bits per heavy atom. The quantitative estimate of drug-likeness (QED) is 0.0599. The molecule has 3 aromatic carbocycles. The smallest absolute Gasteiger partial charge is 0.311 e. The molecule has 59 heavy (non-hydrogen) atoms. The van der Waals surface area contributed by atoms with E-state index in [1.54, 1.807) is 54.6 Å². The Hall–Kier alpha value is -6.01. The number of allylic oxidation sites excluding steroid dienone is 1. The number of carboxylic acid groups (broad SMARTS) is 2. The normalized spacial score (nSPS) is 21.3. The number of carbonyl (C=O) groups excluding carboxylic acids is 3. The molecule has 7 rings (SSSR count). The van der Waals surface area contributed by atoms with Crippen molar-refractivity contribution >= 4 is 63.6 Å². The molecule has 0 saturated heterocycles. The number of hydrogen-bond donors (Lipinski definition) is 4. The molecule has 306 valence electrons. The fraction of sp³-hybridized carbons (Fsp3) is 0.340. The van der Waals surface area contributed by atoms with E-state index in [1.807, 2.05) is 17.5 Å². The van der Waals surface area contributed by atoms with E-state index in [-0.39, 0.29) is 47.1 Å². The van der Waals surface area contributed by atoms with E-state index in [9.17, 15) is 34.2 Å². The van der Waals surface area contributed by atoms with Gasteiger partial charge in [0, 0.05) is 41.1 Å². The van der Waals surface area contributed by atoms with Gasteiger partial charge in [-0.25, -0.2) is 0 Å². The summed E-state index contributed by atoms with van der Waals surface area (Å²) >= 11 is 1.44. The molecular weight excluding hydrogens is 769 g/mol. The van der Waals surface area contributed by atoms with Crippen molar-refractivity contribution in [3.05, 3.63) is 119 Å². The lowest BCUT2D eigenvalue weighted by Gasteiger charge is -2.20. The lowest BCUT2D eigenvalue weighted by molar-refractivity contribution is -0.153. The van der Waals surface area contributed by atoms with Gasteiger partial charge in [0.05, 0.1) is 17.4 Å². The highest BCUT2D eigenvalue weighted by atomic mass is 32.1. The molecule has 3 aliphatic rings. The summed E-state index contributed by atoms with van der Waals surface area (Å²) in [7, 11) is 1.42. The molecule has 2 amide bonds. The summed E-state index contributed by atoms with van der Waals surface area (Å²) < 4.78 is 11.7. The fourth-order valence-electron chi connectivity index (χ4n) is 9.22. The van der Waals surface area contributed by atoms with Crippen LogP contribution in [-0.4, -0.2) is 46.9 Å². The Morgan fingerprint density at radius 2 is 1.24 bits per heavy atom. The first-order chi connectivity index (χ1) is 28.4. The van der Waals surface area contributed by atoms with Gasteiger partial charge < -0.3 is 30.3 Å². The number of carboxylic acids is 2. The molecule has 3 saturated carbocycles. The molecule has 0 spiro atoms. The number of ketones is 1. The summed E-state index contributed by atoms with van der Waals surface area (Å²) in [6, 6.07) is 21.5. The molecule has 0 radical (unpaired) electrons. The summed E-state index contributed by atoms with van der Waals surface area (Å²) in [6.45, 7) is 8.24. The van der Waals surface area contributed by atoms with E-state index >= 15 is 0 Å². The number of carbonyl (C=O) groups is 5. The minimum absolute atomic E-state index is 0.0295. The van der Waals surface area contributed by atoms with Crippen molar-refractivity contribution < 1.29 is 43.7 Å². The first-order valence-corrected chi connectivity index (χ1v) is 20.8. The van der Waals surface area contributed by atoms with Gasteiger partial charge in [-0.3, -0.25) is 24.0 Å². The van der Waals surface area contributed by atoms with Crippen molar-refractivity contribution in [1.82, 2.24) is 0 Å². The third-order valence-corrected chi connectivity index (χ3v) is 13.3. The molecule has 4 aromatic rings. The number of rotatable bonds is 17. The number of hydrogen-bond acceptors (Lipinski definition) is 8. The van der Waals surface area contributed by atoms with Crippen LogP contribution in [0, 0.1) is 22.7 Å². The zero-order valence-corrected chi connectivity index (χ0v) is 33.8. The molecule has 12 heteroatoms. The second-order valence-corrected chi connectivity index (χ2v) is 16.8. The Balaban J connectivity index is 1.20. The monoisotopic (exact) mass is 816 g/mol. The molecule has 3 aliphatic carbocycles. The van der Waals surface area contributed by atoms with E-state index in [4.69, 9.17) is 9.47 Å². The van der Waals surface area contributed by atoms with Crippen molar-refractivity contribution in [2.24, 2.45) is 22.7 Å². The van der Waals surface area contributed by atoms with Gasteiger partial charge in [-0.1, -0.05) is 63.1 Å². The van der Waals surface area contributed by atoms with Crippen LogP contribution in [0.25, 0.3) is 11.3 Å². The van der Waals surface area contributed by atoms with Crippen LogP contribution >= 0.6 is 11.3 Å². The summed E-state index contributed by atoms with van der Waals surface area (Å²) in [4.78, 5) is 68.0. The molecular formula is C47H48N2O9S. The predicted molar refractivity (Wildman–Crippen MR) is 227 cm³/mol. The molecule has 0 bridgehead atoms. The maximum Gasteiger partial charge on any atom is 0.311 e. The van der Waals surface area contributed by atoms with E-state index in [0.29, 0.717) is 33.8 Å². The van der Waals surface area contributed by atoms with Gasteiger partial charge in [-0.2, -0.15) is 0 Å². The fourth-order valence-corrected chi connectivity index (χ4v) is 9.86. The highest BCUT2D eigenvalue weighted by molar-refractivity contribution is 7.11. The maximum absolute atomic E-state index is 14.2. The Labute approximate surface area is 347 Å². The third kappa shape index (κ3) is 8.06. The van der Waals surface area contributed by atoms with Crippen molar-refractivity contribution in [2.75, 3.05) is 17.7 Å². The Morgan fingerprint density at radius 1 is 0.712 bits per heavy atom. The van der Waals surface area contributed by atoms with E-state index in [2.05, 4.69) is 23.8 Å². The summed E-state index contributed by atoms with van der Waals surface area (Å²) in [5.41, 5.74) is -1.63. The SMILES string of the molecule is C=C(CC1(C(=O)O)C(c2ccc(OC(=C)c3cccs3)c(OC)c2)C1(CC(=O)c1ccc(NC(=O)C2CCCC2)cc1)C(=O)O)c1ccc(NC(=O)C2CCCC2)cc1. The predicted octanol–water partition coefficient (Wildman–Crippen LogP) is 9.68. The van der Waals surface area contributed by atoms with Gasteiger partial charge >= 0.3 is 11.9 Å². The number of ether oxygens (including phenoxy) is 2. The molecule has 4 N–H and O–H groups in total. The van der Waals surface area contributed by atoms with Crippen LogP contribution < -0.4 is 20.1 Å². The van der Waals surface area contributed by atoms with E-state index in [0.717, 1.165) is 56.2 Å². The first kappa shape index (κ1) is 41.2. The average Bonchev–Trinajstić information content (AvgIpc) is 3.92. The first-order valence-electron chi connectivity index (χ1n) is 20.0. The second kappa shape index (κ2) is 17.1. The molecule has 1 aromatic heterocycles. The minimum Gasteiger partial charge on any atom is -0.493 e. The van der Waals surface area contributed by atoms with Gasteiger partial charge in [0.15, 0.2) is 17.3 Å². The second-order valence-electron chi connectivity index (χ2n) is 15.9. The molecule has 0 aliphatic heterocycles. The van der Waals surface area contributed by atoms with Crippen molar-refractivity contribution in [1.29, 1.82) is 0 Å². The highest BCUT2D eigenvalue weighted by Crippen LogP contribution is 2.79. The zero-order valence-electron chi connectivity index (χ0n) is 33.0. The number of anilines is 2. The number of benzene rings is 3. The topological polar surface area (TPSA) is 168 Å². The molecule has 3 atom stereocenters. The third-order valence-electron chi connectivity index (χ3n) is 12.4. The standard InChI is InChI=1S/C47H48N2O9S/c1-28(30-14-19-35(20-15-30)48-42(51)32-9-4-5-10-32)26-46(44(53)54)41(34-18-23-38(39(25-34)57-3)58-29(2)40-13-8-24-59-40)47(46,45(55)56)27-37(50)31-16-21-36(22-17-31)49-43(52)33-11-6-7-12-33/h8,13-25,32-33,41H,1-2,4-7,9-12,26-27H2,3H3,(H,48,51)(H,49,52)(H,53,54)(H,55,56). The van der Waals surface area contributed by atoms with Gasteiger partial charge in [-0.05, 0) is 109 Å². The van der Waals surface area contributed by atoms with Gasteiger partial charge in [0.1, 0.15) is 11.2 Å². The van der Waals surface area contributed by atoms with Gasteiger partial charge in [0.2, 0.25) is 11.8 Å². The van der Waals surface area contributed by atoms with E-state index < -0.39 is 40.9 Å². The number of aliphatic carboxylic acids is 2. The largest absolute Gasteiger partial charge is 0.493 e. The molecule has 11 nitrogen and oxygen atoms in total. The summed E-state index contributed by atoms with van der Waals surface area (Å²) in [5.74, 6) is -3.94. The van der Waals surface area contributed by atoms with Crippen LogP contribution in [0.15, 0.2) is 97.4 Å². The van der Waals surface area contributed by atoms with Crippen molar-refractivity contribution in [3.8, 4) is 11.5 Å². The zero-order chi connectivity index (χ0) is 41.9. The number of Topliss-reactive ketones (excluding diaryl/α,β-unsaturated/α-hetero) is 1. The molecule has 3 unspecified atom stereocenters. The highest BCUT2D eigenvalue weighted by Gasteiger charge is 2.85. The Kier molecular flexibility index (Phi) is 11.9. The number of amides is 2. The van der Waals surface area contributed by atoms with Crippen LogP contribution in [0.5, 0.6) is 11.5 Å². The number of nitrogens with one attached hydrogen (secondary N) is 2. The summed E-state index contributed by atoms with van der Waals surface area (Å²) in [5, 5.41) is 30.1. The van der Waals surface area contributed by atoms with Crippen LogP contribution in [0.1, 0.15) is 96.5 Å². The number of methoxy groups -OCH3 is 1. The van der Waals surface area contributed by atoms with Crippen LogP contribution in [0.3, 0.4) is 0 Å². The van der Waals surface area contributed by atoms with Crippen LogP contribution in [-0.2, 0) is 19.2 Å². The van der Waals surface area contributed by atoms with Gasteiger partial charge in [-0.15, -0.1) is 11.3 Å². The van der Waals surface area contributed by atoms with E-state index in [1.165, 1.54) is 30.6 Å². The van der Waals surface area contributed by atoms with Crippen LogP contribution in [0.4, 0.5) is 11.4 Å². The Bertz CT molecular complexity index is 2160. The van der Waals surface area contributed by atoms with Crippen molar-refractivity contribution in [3.63, 3.8) is 0 Å². The van der Waals surface area contributed by atoms with Crippen molar-refractivity contribution in [2.45, 2.75) is 70.1 Å². The average molecular weight is 817 g/mol. The molecule has 3 fully saturated rings. The maximum atomic E-state index is 14.2. The minimum atomic E-state index is -2.11. The van der Waals surface area contributed by atoms with Gasteiger partial charge in [0.25, 0.3) is 0 Å².